The second kappa shape index (κ2) is 5.95. The van der Waals surface area contributed by atoms with Gasteiger partial charge in [0.15, 0.2) is 0 Å². The zero-order valence-corrected chi connectivity index (χ0v) is 10.9. The third-order valence-corrected chi connectivity index (χ3v) is 2.68. The average Bonchev–Trinajstić information content (AvgIpc) is 2.47. The van der Waals surface area contributed by atoms with Crippen LogP contribution in [0.2, 0.25) is 0 Å². The molecule has 0 saturated heterocycles. The summed E-state index contributed by atoms with van der Waals surface area (Å²) in [6.45, 7) is 0.534. The molecule has 5 heteroatoms. The fourth-order valence-electron chi connectivity index (χ4n) is 1.69. The molecule has 0 saturated carbocycles. The van der Waals surface area contributed by atoms with Gasteiger partial charge in [0.05, 0.1) is 7.11 Å². The standard InChI is InChI=1S/C14H15N3O2/c1-17(9-11-6-4-3-5-7-11)14(18)12-8-13(19-2)16-10-15-12/h3-8,10H,9H2,1-2H3. The lowest BCUT2D eigenvalue weighted by Crippen LogP contribution is -2.27. The molecule has 0 aliphatic heterocycles. The fraction of sp³-hybridized carbons (Fsp3) is 0.214. The molecule has 0 radical (unpaired) electrons. The molecular formula is C14H15N3O2. The number of aromatic nitrogens is 2. The molecule has 0 bridgehead atoms. The van der Waals surface area contributed by atoms with Crippen LogP contribution in [0.4, 0.5) is 0 Å². The Labute approximate surface area is 111 Å². The number of hydrogen-bond acceptors (Lipinski definition) is 4. The Kier molecular flexibility index (Phi) is 4.07. The molecule has 0 N–H and O–H groups in total. The van der Waals surface area contributed by atoms with Gasteiger partial charge in [-0.15, -0.1) is 0 Å². The summed E-state index contributed by atoms with van der Waals surface area (Å²) in [5.41, 5.74) is 1.39. The van der Waals surface area contributed by atoms with E-state index in [1.165, 1.54) is 19.5 Å². The Morgan fingerprint density at radius 3 is 2.68 bits per heavy atom. The van der Waals surface area contributed by atoms with E-state index in [0.717, 1.165) is 5.56 Å². The van der Waals surface area contributed by atoms with Gasteiger partial charge in [-0.05, 0) is 5.56 Å². The number of ether oxygens (including phenoxy) is 1. The number of benzene rings is 1. The van der Waals surface area contributed by atoms with Crippen molar-refractivity contribution < 1.29 is 9.53 Å². The summed E-state index contributed by atoms with van der Waals surface area (Å²) in [4.78, 5) is 21.7. The number of amides is 1. The molecule has 0 unspecified atom stereocenters. The highest BCUT2D eigenvalue weighted by molar-refractivity contribution is 5.92. The van der Waals surface area contributed by atoms with Crippen LogP contribution in [0.1, 0.15) is 16.1 Å². The van der Waals surface area contributed by atoms with Crippen LogP contribution in [0.25, 0.3) is 0 Å². The molecule has 2 aromatic rings. The molecule has 1 aromatic heterocycles. The Morgan fingerprint density at radius 1 is 1.26 bits per heavy atom. The largest absolute Gasteiger partial charge is 0.481 e. The second-order valence-electron chi connectivity index (χ2n) is 4.09. The first kappa shape index (κ1) is 13.0. The first-order valence-corrected chi connectivity index (χ1v) is 5.86. The van der Waals surface area contributed by atoms with E-state index in [-0.39, 0.29) is 5.91 Å². The number of methoxy groups -OCH3 is 1. The highest BCUT2D eigenvalue weighted by Gasteiger charge is 2.14. The minimum atomic E-state index is -0.162. The van der Waals surface area contributed by atoms with E-state index < -0.39 is 0 Å². The van der Waals surface area contributed by atoms with E-state index in [2.05, 4.69) is 9.97 Å². The van der Waals surface area contributed by atoms with Crippen LogP contribution in [0, 0.1) is 0 Å². The minimum Gasteiger partial charge on any atom is -0.481 e. The quantitative estimate of drug-likeness (QED) is 0.837. The zero-order valence-electron chi connectivity index (χ0n) is 10.9. The van der Waals surface area contributed by atoms with Crippen LogP contribution in [0.3, 0.4) is 0 Å². The molecule has 0 spiro atoms. The normalized spacial score (nSPS) is 10.0. The molecule has 0 fully saturated rings. The Hall–Kier alpha value is -2.43. The maximum Gasteiger partial charge on any atom is 0.272 e. The molecule has 5 nitrogen and oxygen atoms in total. The summed E-state index contributed by atoms with van der Waals surface area (Å²) in [5, 5.41) is 0. The third kappa shape index (κ3) is 3.28. The molecule has 1 heterocycles. The topological polar surface area (TPSA) is 55.3 Å². The lowest BCUT2D eigenvalue weighted by atomic mass is 10.2. The fourth-order valence-corrected chi connectivity index (χ4v) is 1.69. The monoisotopic (exact) mass is 257 g/mol. The predicted octanol–water partition coefficient (Wildman–Crippen LogP) is 1.76. The molecular weight excluding hydrogens is 242 g/mol. The van der Waals surface area contributed by atoms with Gasteiger partial charge >= 0.3 is 0 Å². The maximum absolute atomic E-state index is 12.2. The highest BCUT2D eigenvalue weighted by Crippen LogP contribution is 2.10. The van der Waals surface area contributed by atoms with Crippen LogP contribution in [0.15, 0.2) is 42.7 Å². The van der Waals surface area contributed by atoms with Gasteiger partial charge in [-0.1, -0.05) is 30.3 Å². The van der Waals surface area contributed by atoms with Gasteiger partial charge in [0.2, 0.25) is 5.88 Å². The third-order valence-electron chi connectivity index (χ3n) is 2.68. The van der Waals surface area contributed by atoms with Crippen molar-refractivity contribution in [1.82, 2.24) is 14.9 Å². The van der Waals surface area contributed by atoms with Crippen molar-refractivity contribution in [2.45, 2.75) is 6.54 Å². The van der Waals surface area contributed by atoms with Gasteiger partial charge in [0.1, 0.15) is 12.0 Å². The summed E-state index contributed by atoms with van der Waals surface area (Å²) in [5.74, 6) is 0.219. The van der Waals surface area contributed by atoms with Crippen molar-refractivity contribution >= 4 is 5.91 Å². The molecule has 98 valence electrons. The van der Waals surface area contributed by atoms with Gasteiger partial charge < -0.3 is 9.64 Å². The van der Waals surface area contributed by atoms with Crippen molar-refractivity contribution in [1.29, 1.82) is 0 Å². The summed E-state index contributed by atoms with van der Waals surface area (Å²) in [6, 6.07) is 11.3. The summed E-state index contributed by atoms with van der Waals surface area (Å²) in [7, 11) is 3.24. The highest BCUT2D eigenvalue weighted by atomic mass is 16.5. The second-order valence-corrected chi connectivity index (χ2v) is 4.09. The number of hydrogen-bond donors (Lipinski definition) is 0. The lowest BCUT2D eigenvalue weighted by Gasteiger charge is -2.16. The van der Waals surface area contributed by atoms with E-state index in [9.17, 15) is 4.79 Å². The summed E-state index contributed by atoms with van der Waals surface area (Å²) in [6.07, 6.45) is 1.32. The maximum atomic E-state index is 12.2. The summed E-state index contributed by atoms with van der Waals surface area (Å²) < 4.78 is 4.98. The predicted molar refractivity (Wildman–Crippen MR) is 70.8 cm³/mol. The Balaban J connectivity index is 2.10. The first-order chi connectivity index (χ1) is 9.20. The first-order valence-electron chi connectivity index (χ1n) is 5.86. The van der Waals surface area contributed by atoms with Crippen molar-refractivity contribution in [3.63, 3.8) is 0 Å². The van der Waals surface area contributed by atoms with E-state index in [4.69, 9.17) is 4.74 Å². The van der Waals surface area contributed by atoms with Crippen molar-refractivity contribution in [2.75, 3.05) is 14.2 Å². The van der Waals surface area contributed by atoms with E-state index >= 15 is 0 Å². The van der Waals surface area contributed by atoms with Crippen molar-refractivity contribution in [3.8, 4) is 5.88 Å². The summed E-state index contributed by atoms with van der Waals surface area (Å²) >= 11 is 0. The van der Waals surface area contributed by atoms with E-state index in [1.807, 2.05) is 30.3 Å². The molecule has 0 aliphatic rings. The van der Waals surface area contributed by atoms with Crippen LogP contribution in [0.5, 0.6) is 5.88 Å². The van der Waals surface area contributed by atoms with Gasteiger partial charge in [0, 0.05) is 19.7 Å². The van der Waals surface area contributed by atoms with Crippen molar-refractivity contribution in [3.05, 3.63) is 54.0 Å². The molecule has 1 amide bonds. The molecule has 0 atom stereocenters. The Morgan fingerprint density at radius 2 is 2.00 bits per heavy atom. The lowest BCUT2D eigenvalue weighted by molar-refractivity contribution is 0.0778. The van der Waals surface area contributed by atoms with Gasteiger partial charge in [-0.2, -0.15) is 0 Å². The zero-order chi connectivity index (χ0) is 13.7. The molecule has 0 aliphatic carbocycles. The Bertz CT molecular complexity index is 558. The van der Waals surface area contributed by atoms with E-state index in [1.54, 1.807) is 11.9 Å². The van der Waals surface area contributed by atoms with E-state index in [0.29, 0.717) is 18.1 Å². The van der Waals surface area contributed by atoms with Crippen LogP contribution in [-0.4, -0.2) is 34.9 Å². The van der Waals surface area contributed by atoms with Gasteiger partial charge in [0.25, 0.3) is 5.91 Å². The van der Waals surface area contributed by atoms with Gasteiger partial charge in [-0.25, -0.2) is 9.97 Å². The van der Waals surface area contributed by atoms with Crippen LogP contribution >= 0.6 is 0 Å². The number of carbonyl (C=O) groups excluding carboxylic acids is 1. The van der Waals surface area contributed by atoms with Crippen LogP contribution in [-0.2, 0) is 6.54 Å². The molecule has 1 aromatic carbocycles. The smallest absolute Gasteiger partial charge is 0.272 e. The SMILES string of the molecule is COc1cc(C(=O)N(C)Cc2ccccc2)ncn1. The number of carbonyl (C=O) groups is 1. The minimum absolute atomic E-state index is 0.162. The average molecular weight is 257 g/mol. The van der Waals surface area contributed by atoms with Crippen LogP contribution < -0.4 is 4.74 Å². The van der Waals surface area contributed by atoms with Crippen molar-refractivity contribution in [2.24, 2.45) is 0 Å². The van der Waals surface area contributed by atoms with Gasteiger partial charge in [-0.3, -0.25) is 4.79 Å². The molecule has 2 rings (SSSR count). The number of nitrogens with zero attached hydrogens (tertiary/aromatic N) is 3. The number of rotatable bonds is 4. The molecule has 19 heavy (non-hydrogen) atoms.